The molecule has 9 heteroatoms. The number of carbonyl (C=O) groups is 1. The fraction of sp³-hybridized carbons (Fsp3) is 0.250. The van der Waals surface area contributed by atoms with Crippen molar-refractivity contribution >= 4 is 27.1 Å². The molecule has 1 saturated heterocycles. The van der Waals surface area contributed by atoms with Crippen molar-refractivity contribution in [1.29, 1.82) is 0 Å². The van der Waals surface area contributed by atoms with Gasteiger partial charge in [-0.2, -0.15) is 0 Å². The summed E-state index contributed by atoms with van der Waals surface area (Å²) in [7, 11) is -3.88. The predicted octanol–water partition coefficient (Wildman–Crippen LogP) is 0.567. The molecule has 112 valence electrons. The van der Waals surface area contributed by atoms with Gasteiger partial charge in [0.25, 0.3) is 10.0 Å². The largest absolute Gasteiger partial charge is 0.490 e. The van der Waals surface area contributed by atoms with Gasteiger partial charge in [0, 0.05) is 17.5 Å². The fourth-order valence-electron chi connectivity index (χ4n) is 1.93. The first-order chi connectivity index (χ1) is 9.91. The molecule has 8 nitrogen and oxygen atoms in total. The van der Waals surface area contributed by atoms with Crippen LogP contribution in [0.15, 0.2) is 33.8 Å². The van der Waals surface area contributed by atoms with E-state index in [2.05, 4.69) is 5.32 Å². The molecule has 21 heavy (non-hydrogen) atoms. The molecular formula is C12H12N2O6S. The van der Waals surface area contributed by atoms with Crippen molar-refractivity contribution in [2.45, 2.75) is 11.2 Å². The van der Waals surface area contributed by atoms with E-state index in [1.165, 1.54) is 6.07 Å². The molecule has 1 aliphatic rings. The Morgan fingerprint density at radius 1 is 1.38 bits per heavy atom. The van der Waals surface area contributed by atoms with Crippen LogP contribution < -0.4 is 15.2 Å². The Balaban J connectivity index is 1.76. The van der Waals surface area contributed by atoms with Crippen LogP contribution in [0.1, 0.15) is 0 Å². The molecule has 0 bridgehead atoms. The zero-order valence-corrected chi connectivity index (χ0v) is 11.6. The number of sulfonamides is 1. The van der Waals surface area contributed by atoms with Crippen LogP contribution in [0.25, 0.3) is 11.0 Å². The molecule has 1 aromatic heterocycles. The zero-order valence-electron chi connectivity index (χ0n) is 10.7. The van der Waals surface area contributed by atoms with E-state index in [1.54, 1.807) is 18.2 Å². The zero-order chi connectivity index (χ0) is 15.0. The van der Waals surface area contributed by atoms with Crippen LogP contribution in [0.2, 0.25) is 0 Å². The van der Waals surface area contributed by atoms with E-state index in [4.69, 9.17) is 19.0 Å². The van der Waals surface area contributed by atoms with Crippen molar-refractivity contribution in [3.63, 3.8) is 0 Å². The summed E-state index contributed by atoms with van der Waals surface area (Å²) in [6, 6.07) is 6.21. The average molecular weight is 312 g/mol. The molecule has 1 fully saturated rings. The SMILES string of the molecule is NS(=O)(=O)c1cc2ccc(OCC3CNC(=O)O3)cc2o1. The predicted molar refractivity (Wildman–Crippen MR) is 71.4 cm³/mol. The van der Waals surface area contributed by atoms with Gasteiger partial charge in [-0.1, -0.05) is 0 Å². The van der Waals surface area contributed by atoms with E-state index in [1.807, 2.05) is 0 Å². The number of amides is 1. The maximum absolute atomic E-state index is 11.2. The lowest BCUT2D eigenvalue weighted by Gasteiger charge is -2.09. The number of ether oxygens (including phenoxy) is 2. The van der Waals surface area contributed by atoms with E-state index in [-0.39, 0.29) is 17.8 Å². The smallest absolute Gasteiger partial charge is 0.407 e. The summed E-state index contributed by atoms with van der Waals surface area (Å²) in [6.45, 7) is 0.574. The van der Waals surface area contributed by atoms with Crippen LogP contribution in [-0.2, 0) is 14.8 Å². The Labute approximate surface area is 119 Å². The highest BCUT2D eigenvalue weighted by molar-refractivity contribution is 7.89. The van der Waals surface area contributed by atoms with Crippen LogP contribution in [0.3, 0.4) is 0 Å². The average Bonchev–Trinajstić information content (AvgIpc) is 3.01. The molecule has 1 unspecified atom stereocenters. The van der Waals surface area contributed by atoms with E-state index in [9.17, 15) is 13.2 Å². The second kappa shape index (κ2) is 4.93. The maximum Gasteiger partial charge on any atom is 0.407 e. The molecule has 1 aliphatic heterocycles. The third kappa shape index (κ3) is 2.93. The number of nitrogens with one attached hydrogen (secondary N) is 1. The molecule has 0 spiro atoms. The van der Waals surface area contributed by atoms with Gasteiger partial charge in [-0.15, -0.1) is 0 Å². The lowest BCUT2D eigenvalue weighted by molar-refractivity contribution is 0.105. The maximum atomic E-state index is 11.2. The third-order valence-corrected chi connectivity index (χ3v) is 3.70. The Morgan fingerprint density at radius 3 is 2.86 bits per heavy atom. The van der Waals surface area contributed by atoms with Crippen molar-refractivity contribution in [1.82, 2.24) is 5.32 Å². The van der Waals surface area contributed by atoms with Crippen molar-refractivity contribution < 1.29 is 27.1 Å². The Bertz CT molecular complexity index is 797. The molecular weight excluding hydrogens is 300 g/mol. The van der Waals surface area contributed by atoms with E-state index in [0.29, 0.717) is 23.3 Å². The van der Waals surface area contributed by atoms with E-state index in [0.717, 1.165) is 0 Å². The molecule has 1 amide bonds. The van der Waals surface area contributed by atoms with Crippen LogP contribution >= 0.6 is 0 Å². The van der Waals surface area contributed by atoms with Gasteiger partial charge in [-0.3, -0.25) is 0 Å². The topological polar surface area (TPSA) is 121 Å². The van der Waals surface area contributed by atoms with Crippen molar-refractivity contribution in [2.24, 2.45) is 5.14 Å². The Morgan fingerprint density at radius 2 is 2.19 bits per heavy atom. The molecule has 1 atom stereocenters. The Kier molecular flexibility index (Phi) is 3.22. The molecule has 2 aromatic rings. The van der Waals surface area contributed by atoms with Gasteiger partial charge in [0.05, 0.1) is 6.54 Å². The first-order valence-corrected chi connectivity index (χ1v) is 7.60. The standard InChI is InChI=1S/C12H12N2O6S/c13-21(16,17)11-3-7-1-2-8(4-10(7)20-11)18-6-9-5-14-12(15)19-9/h1-4,9H,5-6H2,(H,14,15)(H2,13,16,17). The number of hydrogen-bond donors (Lipinski definition) is 2. The summed E-state index contributed by atoms with van der Waals surface area (Å²) in [5, 5.41) is 7.82. The number of alkyl carbamates (subject to hydrolysis) is 1. The normalized spacial score (nSPS) is 18.5. The molecule has 2 heterocycles. The number of primary sulfonamides is 1. The van der Waals surface area contributed by atoms with Crippen molar-refractivity contribution in [3.05, 3.63) is 24.3 Å². The molecule has 3 rings (SSSR count). The summed E-state index contributed by atoms with van der Waals surface area (Å²) in [5.41, 5.74) is 0.345. The minimum atomic E-state index is -3.88. The summed E-state index contributed by atoms with van der Waals surface area (Å²) in [5.74, 6) is 0.473. The lowest BCUT2D eigenvalue weighted by Crippen LogP contribution is -2.21. The summed E-state index contributed by atoms with van der Waals surface area (Å²) in [6.07, 6.45) is -0.826. The van der Waals surface area contributed by atoms with Gasteiger partial charge in [-0.05, 0) is 12.1 Å². The lowest BCUT2D eigenvalue weighted by atomic mass is 10.2. The highest BCUT2D eigenvalue weighted by Crippen LogP contribution is 2.26. The summed E-state index contributed by atoms with van der Waals surface area (Å²) >= 11 is 0. The Hall–Kier alpha value is -2.26. The van der Waals surface area contributed by atoms with Crippen molar-refractivity contribution in [2.75, 3.05) is 13.2 Å². The molecule has 1 aromatic carbocycles. The van der Waals surface area contributed by atoms with Crippen LogP contribution in [0.5, 0.6) is 5.75 Å². The second-order valence-corrected chi connectivity index (χ2v) is 6.02. The number of furan rings is 1. The molecule has 0 aliphatic carbocycles. The molecule has 0 radical (unpaired) electrons. The first kappa shape index (κ1) is 13.7. The number of benzene rings is 1. The molecule has 0 saturated carbocycles. The number of nitrogens with two attached hydrogens (primary N) is 1. The first-order valence-electron chi connectivity index (χ1n) is 6.05. The van der Waals surface area contributed by atoms with Gasteiger partial charge in [0.15, 0.2) is 6.10 Å². The van der Waals surface area contributed by atoms with Crippen LogP contribution in [0, 0.1) is 0 Å². The highest BCUT2D eigenvalue weighted by Gasteiger charge is 2.23. The second-order valence-electron chi connectivity index (χ2n) is 4.53. The van der Waals surface area contributed by atoms with Crippen molar-refractivity contribution in [3.8, 4) is 5.75 Å². The number of carbonyl (C=O) groups excluding carboxylic acids is 1. The minimum absolute atomic E-state index is 0.187. The van der Waals surface area contributed by atoms with Gasteiger partial charge in [0.1, 0.15) is 17.9 Å². The summed E-state index contributed by atoms with van der Waals surface area (Å²) in [4.78, 5) is 10.9. The monoisotopic (exact) mass is 312 g/mol. The van der Waals surface area contributed by atoms with Gasteiger partial charge < -0.3 is 19.2 Å². The van der Waals surface area contributed by atoms with Crippen LogP contribution in [0.4, 0.5) is 4.79 Å². The van der Waals surface area contributed by atoms with Crippen LogP contribution in [-0.4, -0.2) is 33.8 Å². The van der Waals surface area contributed by atoms with Gasteiger partial charge in [0.2, 0.25) is 5.09 Å². The van der Waals surface area contributed by atoms with Gasteiger partial charge >= 0.3 is 6.09 Å². The third-order valence-electron chi connectivity index (χ3n) is 2.93. The van der Waals surface area contributed by atoms with E-state index < -0.39 is 16.1 Å². The summed E-state index contributed by atoms with van der Waals surface area (Å²) < 4.78 is 38.0. The molecule has 3 N–H and O–H groups in total. The van der Waals surface area contributed by atoms with Gasteiger partial charge in [-0.25, -0.2) is 18.4 Å². The quantitative estimate of drug-likeness (QED) is 0.851. The number of rotatable bonds is 4. The fourth-order valence-corrected chi connectivity index (χ4v) is 2.43. The number of hydrogen-bond acceptors (Lipinski definition) is 6. The minimum Gasteiger partial charge on any atom is -0.490 e. The highest BCUT2D eigenvalue weighted by atomic mass is 32.2. The number of fused-ring (bicyclic) bond motifs is 1. The number of cyclic esters (lactones) is 1. The van der Waals surface area contributed by atoms with E-state index >= 15 is 0 Å².